The van der Waals surface area contributed by atoms with Crippen molar-refractivity contribution in [3.05, 3.63) is 0 Å². The SMILES string of the molecule is [2H]C(C)CN. The van der Waals surface area contributed by atoms with E-state index in [1.54, 1.807) is 6.92 Å². The Morgan fingerprint density at radius 2 is 2.50 bits per heavy atom. The highest BCUT2D eigenvalue weighted by Gasteiger charge is 1.55. The summed E-state index contributed by atoms with van der Waals surface area (Å²) in [6.45, 7) is 2.24. The second-order valence-electron chi connectivity index (χ2n) is 0.644. The molecule has 0 saturated carbocycles. The summed E-state index contributed by atoms with van der Waals surface area (Å²) >= 11 is 0. The largest absolute Gasteiger partial charge is 0.330 e. The zero-order valence-electron chi connectivity index (χ0n) is 3.86. The number of hydrogen-bond acceptors (Lipinski definition) is 1. The lowest BCUT2D eigenvalue weighted by Crippen LogP contribution is -1.93. The summed E-state index contributed by atoms with van der Waals surface area (Å²) in [7, 11) is 0. The van der Waals surface area contributed by atoms with Gasteiger partial charge in [0.15, 0.2) is 0 Å². The van der Waals surface area contributed by atoms with E-state index in [2.05, 4.69) is 0 Å². The van der Waals surface area contributed by atoms with E-state index in [9.17, 15) is 0 Å². The summed E-state index contributed by atoms with van der Waals surface area (Å²) in [5.74, 6) is 0. The van der Waals surface area contributed by atoms with Crippen LogP contribution in [-0.2, 0) is 0 Å². The first-order valence-corrected chi connectivity index (χ1v) is 1.39. The quantitative estimate of drug-likeness (QED) is 0.464. The maximum Gasteiger partial charge on any atom is 0.0277 e. The zero-order valence-corrected chi connectivity index (χ0v) is 2.86. The van der Waals surface area contributed by atoms with E-state index in [4.69, 9.17) is 7.10 Å². The average molecular weight is 60.1 g/mol. The highest BCUT2D eigenvalue weighted by Crippen LogP contribution is 1.57. The highest BCUT2D eigenvalue weighted by atomic mass is 14.5. The molecule has 1 unspecified atom stereocenters. The Hall–Kier alpha value is -0.0400. The first-order chi connectivity index (χ1) is 2.27. The molecule has 0 aliphatic rings. The predicted octanol–water partition coefficient (Wildman–Crippen LogP) is 0.355. The van der Waals surface area contributed by atoms with Crippen molar-refractivity contribution in [3.63, 3.8) is 0 Å². The molecule has 0 aromatic rings. The molecule has 0 aliphatic carbocycles. The molecule has 26 valence electrons. The van der Waals surface area contributed by atoms with E-state index in [-0.39, 0.29) is 6.40 Å². The lowest BCUT2D eigenvalue weighted by Gasteiger charge is -1.70. The van der Waals surface area contributed by atoms with Crippen molar-refractivity contribution in [2.75, 3.05) is 6.54 Å². The molecule has 0 radical (unpaired) electrons. The molecule has 0 heterocycles. The van der Waals surface area contributed by atoms with Gasteiger partial charge in [0.2, 0.25) is 0 Å². The van der Waals surface area contributed by atoms with Crippen molar-refractivity contribution < 1.29 is 1.37 Å². The van der Waals surface area contributed by atoms with Gasteiger partial charge in [0, 0.05) is 1.37 Å². The third kappa shape index (κ3) is 1.96. The number of rotatable bonds is 1. The minimum atomic E-state index is -0.0880. The molecular formula is C3H9N. The molecule has 0 aromatic heterocycles. The Kier molecular flexibility index (Phi) is 1.64. The maximum atomic E-state index is 6.70. The molecule has 1 nitrogen and oxygen atoms in total. The molecule has 0 spiro atoms. The van der Waals surface area contributed by atoms with Crippen LogP contribution >= 0.6 is 0 Å². The minimum Gasteiger partial charge on any atom is -0.330 e. The van der Waals surface area contributed by atoms with Gasteiger partial charge in [-0.15, -0.1) is 0 Å². The van der Waals surface area contributed by atoms with E-state index in [1.165, 1.54) is 0 Å². The summed E-state index contributed by atoms with van der Waals surface area (Å²) < 4.78 is 6.70. The van der Waals surface area contributed by atoms with Crippen LogP contribution < -0.4 is 5.73 Å². The van der Waals surface area contributed by atoms with Gasteiger partial charge in [-0.25, -0.2) is 0 Å². The third-order valence-corrected chi connectivity index (χ3v) is 0.236. The summed E-state index contributed by atoms with van der Waals surface area (Å²) in [4.78, 5) is 0. The van der Waals surface area contributed by atoms with Crippen molar-refractivity contribution in [3.8, 4) is 0 Å². The molecular weight excluding hydrogens is 50.0 g/mol. The van der Waals surface area contributed by atoms with E-state index < -0.39 is 0 Å². The van der Waals surface area contributed by atoms with Crippen molar-refractivity contribution >= 4 is 0 Å². The van der Waals surface area contributed by atoms with Gasteiger partial charge in [0.1, 0.15) is 0 Å². The molecule has 0 fully saturated rings. The Morgan fingerprint density at radius 3 is 2.50 bits per heavy atom. The van der Waals surface area contributed by atoms with Crippen LogP contribution in [0.15, 0.2) is 0 Å². The molecule has 1 heteroatoms. The van der Waals surface area contributed by atoms with Gasteiger partial charge in [-0.3, -0.25) is 0 Å². The topological polar surface area (TPSA) is 26.0 Å². The van der Waals surface area contributed by atoms with Gasteiger partial charge in [0.05, 0.1) is 0 Å². The van der Waals surface area contributed by atoms with Gasteiger partial charge >= 0.3 is 0 Å². The molecule has 0 aromatic carbocycles. The Morgan fingerprint density at radius 1 is 2.25 bits per heavy atom. The monoisotopic (exact) mass is 60.1 g/mol. The lowest BCUT2D eigenvalue weighted by molar-refractivity contribution is 0.932. The van der Waals surface area contributed by atoms with Crippen LogP contribution in [0.25, 0.3) is 0 Å². The van der Waals surface area contributed by atoms with Gasteiger partial charge in [-0.1, -0.05) is 6.92 Å². The Balaban J connectivity index is 2.54. The fourth-order valence-electron chi connectivity index (χ4n) is 0. The van der Waals surface area contributed by atoms with Crippen LogP contribution in [-0.4, -0.2) is 6.54 Å². The van der Waals surface area contributed by atoms with Crippen LogP contribution in [0.5, 0.6) is 0 Å². The number of hydrogen-bond donors (Lipinski definition) is 1. The standard InChI is InChI=1S/C3H9N/c1-2-3-4/h2-4H2,1H3/i2D. The minimum absolute atomic E-state index is 0.0880. The fraction of sp³-hybridized carbons (Fsp3) is 1.00. The van der Waals surface area contributed by atoms with Crippen LogP contribution in [0.2, 0.25) is 0 Å². The molecule has 0 rings (SSSR count). The molecule has 0 bridgehead atoms. The summed E-state index contributed by atoms with van der Waals surface area (Å²) in [5.41, 5.74) is 4.98. The molecule has 0 saturated heterocycles. The highest BCUT2D eigenvalue weighted by molar-refractivity contribution is 4.19. The average Bonchev–Trinajstić information content (AvgIpc) is 1.38. The molecule has 2 N–H and O–H groups in total. The second kappa shape index (κ2) is 2.96. The van der Waals surface area contributed by atoms with Gasteiger partial charge in [0.25, 0.3) is 0 Å². The van der Waals surface area contributed by atoms with Gasteiger partial charge in [-0.2, -0.15) is 0 Å². The zero-order chi connectivity index (χ0) is 4.28. The fourth-order valence-corrected chi connectivity index (χ4v) is 0. The van der Waals surface area contributed by atoms with E-state index >= 15 is 0 Å². The molecule has 0 aliphatic heterocycles. The van der Waals surface area contributed by atoms with Crippen LogP contribution in [0.3, 0.4) is 0 Å². The van der Waals surface area contributed by atoms with E-state index in [1.807, 2.05) is 0 Å². The molecule has 4 heavy (non-hydrogen) atoms. The Labute approximate surface area is 28.2 Å². The Bertz CT molecular complexity index is 20.9. The third-order valence-electron chi connectivity index (χ3n) is 0.236. The lowest BCUT2D eigenvalue weighted by atomic mass is 10.5. The smallest absolute Gasteiger partial charge is 0.0277 e. The number of nitrogens with two attached hydrogens (primary N) is 1. The van der Waals surface area contributed by atoms with Crippen molar-refractivity contribution in [1.29, 1.82) is 0 Å². The van der Waals surface area contributed by atoms with E-state index in [0.29, 0.717) is 6.54 Å². The van der Waals surface area contributed by atoms with Gasteiger partial charge < -0.3 is 5.73 Å². The van der Waals surface area contributed by atoms with Crippen molar-refractivity contribution in [2.24, 2.45) is 5.73 Å². The van der Waals surface area contributed by atoms with Crippen LogP contribution in [0.1, 0.15) is 14.7 Å². The summed E-state index contributed by atoms with van der Waals surface area (Å²) in [5, 5.41) is 0. The normalized spacial score (nSPS) is 19.0. The van der Waals surface area contributed by atoms with Gasteiger partial charge in [-0.05, 0) is 12.9 Å². The molecule has 1 atom stereocenters. The predicted molar refractivity (Wildman–Crippen MR) is 19.3 cm³/mol. The second-order valence-corrected chi connectivity index (χ2v) is 0.644. The van der Waals surface area contributed by atoms with Crippen molar-refractivity contribution in [2.45, 2.75) is 13.3 Å². The van der Waals surface area contributed by atoms with Crippen LogP contribution in [0, 0.1) is 0 Å². The molecule has 0 amide bonds. The van der Waals surface area contributed by atoms with Crippen LogP contribution in [0.4, 0.5) is 0 Å². The maximum absolute atomic E-state index is 6.70. The van der Waals surface area contributed by atoms with E-state index in [0.717, 1.165) is 0 Å². The first-order valence-electron chi connectivity index (χ1n) is 1.97. The first kappa shape index (κ1) is 2.21. The summed E-state index contributed by atoms with van der Waals surface area (Å²) in [6.07, 6.45) is -0.0880. The summed E-state index contributed by atoms with van der Waals surface area (Å²) in [6, 6.07) is 0. The van der Waals surface area contributed by atoms with Crippen molar-refractivity contribution in [1.82, 2.24) is 0 Å².